The molecule has 1 aliphatic carbocycles. The lowest BCUT2D eigenvalue weighted by Crippen LogP contribution is -2.41. The van der Waals surface area contributed by atoms with Gasteiger partial charge in [0.2, 0.25) is 5.91 Å². The number of rotatable bonds is 3. The van der Waals surface area contributed by atoms with Crippen molar-refractivity contribution in [3.05, 3.63) is 48.7 Å². The molecule has 0 aliphatic heterocycles. The number of hydrogen-bond acceptors (Lipinski definition) is 5. The zero-order chi connectivity index (χ0) is 22.1. The minimum atomic E-state index is -1.05. The second kappa shape index (κ2) is 10.4. The molecule has 2 atom stereocenters. The highest BCUT2D eigenvalue weighted by atomic mass is 16.4. The average molecular weight is 404 g/mol. The third-order valence-electron chi connectivity index (χ3n) is 4.88. The van der Waals surface area contributed by atoms with Crippen molar-refractivity contribution in [3.63, 3.8) is 0 Å². The van der Waals surface area contributed by atoms with Gasteiger partial charge >= 0.3 is 11.9 Å². The molecule has 0 saturated heterocycles. The van der Waals surface area contributed by atoms with Crippen LogP contribution in [0.2, 0.25) is 0 Å². The third-order valence-corrected chi connectivity index (χ3v) is 4.88. The number of aliphatic carboxylic acids is 2. The fourth-order valence-corrected chi connectivity index (χ4v) is 3.02. The van der Waals surface area contributed by atoms with Crippen LogP contribution < -0.4 is 11.3 Å². The molecule has 1 heterocycles. The molecular formula is C21H28N2O6. The lowest BCUT2D eigenvalue weighted by molar-refractivity contribution is -0.156. The van der Waals surface area contributed by atoms with Crippen LogP contribution >= 0.6 is 0 Å². The lowest BCUT2D eigenvalue weighted by Gasteiger charge is -2.37. The highest BCUT2D eigenvalue weighted by Crippen LogP contribution is 2.45. The van der Waals surface area contributed by atoms with Crippen molar-refractivity contribution >= 4 is 28.8 Å². The summed E-state index contributed by atoms with van der Waals surface area (Å²) >= 11 is 0. The van der Waals surface area contributed by atoms with Gasteiger partial charge in [0.15, 0.2) is 0 Å². The smallest absolute Gasteiger partial charge is 0.313 e. The van der Waals surface area contributed by atoms with Crippen molar-refractivity contribution in [1.82, 2.24) is 5.43 Å². The maximum Gasteiger partial charge on any atom is 0.313 e. The Bertz CT molecular complexity index is 845. The minimum Gasteiger partial charge on any atom is -0.481 e. The molecule has 0 radical (unpaired) electrons. The number of carbonyl (C=O) groups excluding carboxylic acids is 1. The summed E-state index contributed by atoms with van der Waals surface area (Å²) in [7, 11) is 0. The topological polar surface area (TPSA) is 143 Å². The first-order chi connectivity index (χ1) is 13.6. The number of hydrogen-bond donors (Lipinski definition) is 4. The number of fused-ring (bicyclic) bond motifs is 1. The molecule has 0 spiro atoms. The molecule has 0 bridgehead atoms. The van der Waals surface area contributed by atoms with Crippen LogP contribution in [0.4, 0.5) is 0 Å². The van der Waals surface area contributed by atoms with Crippen LogP contribution in [0.3, 0.4) is 0 Å². The number of carboxylic acid groups (broad SMARTS) is 2. The second-order valence-corrected chi connectivity index (χ2v) is 7.10. The van der Waals surface area contributed by atoms with Gasteiger partial charge in [-0.3, -0.25) is 19.8 Å². The van der Waals surface area contributed by atoms with Crippen molar-refractivity contribution in [2.75, 3.05) is 0 Å². The summed E-state index contributed by atoms with van der Waals surface area (Å²) in [5.74, 6) is 2.49. The van der Waals surface area contributed by atoms with E-state index >= 15 is 0 Å². The summed E-state index contributed by atoms with van der Waals surface area (Å²) < 4.78 is 5.12. The van der Waals surface area contributed by atoms with Crippen LogP contribution in [0.5, 0.6) is 0 Å². The number of para-hydroxylation sites is 1. The molecule has 5 N–H and O–H groups in total. The molecule has 29 heavy (non-hydrogen) atoms. The number of carboxylic acids is 2. The lowest BCUT2D eigenvalue weighted by atomic mass is 9.65. The number of allylic oxidation sites excluding steroid dienone is 1. The van der Waals surface area contributed by atoms with Gasteiger partial charge in [-0.2, -0.15) is 0 Å². The summed E-state index contributed by atoms with van der Waals surface area (Å²) in [6.45, 7) is 4.70. The fraction of sp³-hybridized carbons (Fsp3) is 0.381. The maximum absolute atomic E-state index is 11.2. The number of hydrazine groups is 1. The Kier molecular flexibility index (Phi) is 8.59. The molecule has 1 aliphatic rings. The van der Waals surface area contributed by atoms with Gasteiger partial charge in [-0.1, -0.05) is 37.3 Å². The summed E-state index contributed by atoms with van der Waals surface area (Å²) in [6, 6.07) is 9.90. The molecule has 1 aromatic heterocycles. The molecule has 1 amide bonds. The molecule has 8 nitrogen and oxygen atoms in total. The van der Waals surface area contributed by atoms with E-state index in [9.17, 15) is 19.5 Å². The Hall–Kier alpha value is -3.13. The van der Waals surface area contributed by atoms with E-state index in [1.54, 1.807) is 32.3 Å². The molecule has 3 rings (SSSR count). The van der Waals surface area contributed by atoms with E-state index in [1.807, 2.05) is 35.8 Å². The van der Waals surface area contributed by atoms with Gasteiger partial charge < -0.3 is 14.6 Å². The van der Waals surface area contributed by atoms with Crippen molar-refractivity contribution in [2.45, 2.75) is 40.0 Å². The zero-order valence-corrected chi connectivity index (χ0v) is 16.8. The van der Waals surface area contributed by atoms with Crippen LogP contribution in [-0.4, -0.2) is 28.1 Å². The van der Waals surface area contributed by atoms with Gasteiger partial charge in [0.1, 0.15) is 5.58 Å². The number of nitrogens with two attached hydrogens (primary N) is 1. The quantitative estimate of drug-likeness (QED) is 0.266. The summed E-state index contributed by atoms with van der Waals surface area (Å²) in [5.41, 5.74) is 0.881. The van der Waals surface area contributed by atoms with Gasteiger partial charge in [-0.25, -0.2) is 5.84 Å². The van der Waals surface area contributed by atoms with Crippen molar-refractivity contribution in [2.24, 2.45) is 16.7 Å². The molecule has 1 aromatic carbocycles. The number of carbonyl (C=O) groups is 3. The molecule has 158 valence electrons. The maximum atomic E-state index is 11.2. The van der Waals surface area contributed by atoms with E-state index in [2.05, 4.69) is 5.84 Å². The Morgan fingerprint density at radius 3 is 2.28 bits per heavy atom. The average Bonchev–Trinajstić information content (AvgIpc) is 3.17. The Labute approximate surface area is 169 Å². The van der Waals surface area contributed by atoms with Crippen molar-refractivity contribution in [3.8, 4) is 0 Å². The summed E-state index contributed by atoms with van der Waals surface area (Å²) in [5, 5.41) is 19.4. The highest BCUT2D eigenvalue weighted by Gasteiger charge is 2.47. The number of benzene rings is 1. The van der Waals surface area contributed by atoms with Crippen LogP contribution in [0.25, 0.3) is 11.0 Å². The Morgan fingerprint density at radius 2 is 1.79 bits per heavy atom. The van der Waals surface area contributed by atoms with E-state index in [-0.39, 0.29) is 12.3 Å². The second-order valence-electron chi connectivity index (χ2n) is 7.10. The van der Waals surface area contributed by atoms with Crippen LogP contribution in [0.1, 0.15) is 40.0 Å². The minimum absolute atomic E-state index is 0.164. The fourth-order valence-electron chi connectivity index (χ4n) is 3.02. The summed E-state index contributed by atoms with van der Waals surface area (Å²) in [4.78, 5) is 31.8. The predicted molar refractivity (Wildman–Crippen MR) is 109 cm³/mol. The Morgan fingerprint density at radius 1 is 1.17 bits per heavy atom. The van der Waals surface area contributed by atoms with Crippen molar-refractivity contribution in [1.29, 1.82) is 0 Å². The number of amides is 1. The number of furan rings is 1. The van der Waals surface area contributed by atoms with E-state index in [1.165, 1.54) is 6.92 Å². The highest BCUT2D eigenvalue weighted by molar-refractivity contribution is 5.81. The first kappa shape index (κ1) is 23.9. The van der Waals surface area contributed by atoms with E-state index in [0.717, 1.165) is 11.0 Å². The number of nitrogens with one attached hydrogen (secondary N) is 1. The molecule has 0 fully saturated rings. The largest absolute Gasteiger partial charge is 0.481 e. The van der Waals surface area contributed by atoms with Crippen LogP contribution in [0, 0.1) is 10.8 Å². The standard InChI is InChI=1S/C11H16O4.C8H6O.C2H6N2O/c1-3-11(9(14)15)6-4-5-10(2,7-11)8(12)13;1-2-4-8-7(3-1)5-6-9-8;1-2(5)4-3/h4-5H,3,6-7H2,1-2H3,(H,12,13)(H,14,15);1-6H;3H2,1H3,(H,4,5). The molecular weight excluding hydrogens is 376 g/mol. The first-order valence-corrected chi connectivity index (χ1v) is 9.14. The van der Waals surface area contributed by atoms with E-state index < -0.39 is 22.8 Å². The SMILES string of the molecule is CC(=O)NN.CCC1(C(=O)O)CC=CC(C)(C(=O)O)C1.c1ccc2occc2c1. The first-order valence-electron chi connectivity index (χ1n) is 9.14. The third kappa shape index (κ3) is 6.46. The van der Waals surface area contributed by atoms with Crippen molar-refractivity contribution < 1.29 is 29.0 Å². The van der Waals surface area contributed by atoms with Crippen LogP contribution in [-0.2, 0) is 14.4 Å². The summed E-state index contributed by atoms with van der Waals surface area (Å²) in [6.07, 6.45) is 6.01. The molecule has 8 heteroatoms. The zero-order valence-electron chi connectivity index (χ0n) is 16.8. The van der Waals surface area contributed by atoms with Crippen LogP contribution in [0.15, 0.2) is 53.2 Å². The van der Waals surface area contributed by atoms with Gasteiger partial charge in [0.05, 0.1) is 17.1 Å². The van der Waals surface area contributed by atoms with Gasteiger partial charge in [-0.15, -0.1) is 0 Å². The molecule has 0 saturated carbocycles. The normalized spacial score (nSPS) is 22.5. The van der Waals surface area contributed by atoms with Gasteiger partial charge in [0.25, 0.3) is 0 Å². The Balaban J connectivity index is 0.000000252. The molecule has 2 unspecified atom stereocenters. The molecule has 2 aromatic rings. The van der Waals surface area contributed by atoms with E-state index in [4.69, 9.17) is 9.52 Å². The monoisotopic (exact) mass is 404 g/mol. The van der Waals surface area contributed by atoms with E-state index in [0.29, 0.717) is 12.8 Å². The van der Waals surface area contributed by atoms with Gasteiger partial charge in [-0.05, 0) is 38.3 Å². The van der Waals surface area contributed by atoms with Gasteiger partial charge in [0, 0.05) is 12.3 Å². The predicted octanol–water partition coefficient (Wildman–Crippen LogP) is 3.34.